The first-order chi connectivity index (χ1) is 16.0. The average molecular weight is 486 g/mol. The van der Waals surface area contributed by atoms with E-state index >= 15 is 0 Å². The number of benzene rings is 2. The summed E-state index contributed by atoms with van der Waals surface area (Å²) in [5, 5.41) is 16.5. The molecular formula is C24H28ClN5O2S. The van der Waals surface area contributed by atoms with Crippen LogP contribution in [0, 0.1) is 13.8 Å². The molecule has 1 aliphatic rings. The quantitative estimate of drug-likeness (QED) is 0.412. The lowest BCUT2D eigenvalue weighted by Crippen LogP contribution is -2.20. The van der Waals surface area contributed by atoms with E-state index in [1.807, 2.05) is 56.3 Å². The summed E-state index contributed by atoms with van der Waals surface area (Å²) in [6, 6.07) is 13.6. The van der Waals surface area contributed by atoms with Gasteiger partial charge in [0.15, 0.2) is 11.0 Å². The lowest BCUT2D eigenvalue weighted by Gasteiger charge is -2.15. The minimum atomic E-state index is -0.0776. The van der Waals surface area contributed by atoms with E-state index in [2.05, 4.69) is 25.4 Å². The van der Waals surface area contributed by atoms with E-state index in [0.29, 0.717) is 18.2 Å². The van der Waals surface area contributed by atoms with Crippen molar-refractivity contribution in [1.29, 1.82) is 0 Å². The number of aryl methyl sites for hydroxylation is 2. The fraction of sp³-hybridized carbons (Fsp3) is 0.375. The molecule has 9 heteroatoms. The van der Waals surface area contributed by atoms with Crippen LogP contribution >= 0.6 is 23.4 Å². The molecule has 0 aliphatic carbocycles. The van der Waals surface area contributed by atoms with Crippen molar-refractivity contribution < 1.29 is 9.53 Å². The molecule has 1 aromatic heterocycles. The molecule has 174 valence electrons. The number of halogens is 1. The lowest BCUT2D eigenvalue weighted by atomic mass is 10.2. The molecule has 0 radical (unpaired) electrons. The number of carbonyl (C=O) groups excluding carboxylic acids is 1. The van der Waals surface area contributed by atoms with E-state index in [0.717, 1.165) is 52.8 Å². The summed E-state index contributed by atoms with van der Waals surface area (Å²) in [7, 11) is 0. The number of carbonyl (C=O) groups is 1. The zero-order valence-corrected chi connectivity index (χ0v) is 20.4. The Labute approximate surface area is 203 Å². The molecule has 7 nitrogen and oxygen atoms in total. The SMILES string of the molecule is Cc1cccc(NC(=O)CSc2nnc(CNc3ccc(C)c(Cl)c3)n2C[C@H]2CCCO2)c1. The molecule has 1 atom stereocenters. The summed E-state index contributed by atoms with van der Waals surface area (Å²) >= 11 is 7.63. The third-order valence-electron chi connectivity index (χ3n) is 5.46. The number of nitrogens with zero attached hydrogens (tertiary/aromatic N) is 3. The molecule has 33 heavy (non-hydrogen) atoms. The smallest absolute Gasteiger partial charge is 0.234 e. The summed E-state index contributed by atoms with van der Waals surface area (Å²) in [5.74, 6) is 0.966. The van der Waals surface area contributed by atoms with Crippen LogP contribution in [0.25, 0.3) is 0 Å². The van der Waals surface area contributed by atoms with Crippen molar-refractivity contribution in [3.8, 4) is 0 Å². The molecular weight excluding hydrogens is 458 g/mol. The number of amides is 1. The van der Waals surface area contributed by atoms with Gasteiger partial charge in [-0.1, -0.05) is 41.6 Å². The van der Waals surface area contributed by atoms with Crippen LogP contribution in [0.3, 0.4) is 0 Å². The van der Waals surface area contributed by atoms with Crippen molar-refractivity contribution in [3.63, 3.8) is 0 Å². The molecule has 4 rings (SSSR count). The molecule has 2 heterocycles. The molecule has 0 bridgehead atoms. The summed E-state index contributed by atoms with van der Waals surface area (Å²) in [4.78, 5) is 12.5. The van der Waals surface area contributed by atoms with E-state index in [-0.39, 0.29) is 17.8 Å². The van der Waals surface area contributed by atoms with Gasteiger partial charge in [0.25, 0.3) is 0 Å². The Balaban J connectivity index is 1.43. The highest BCUT2D eigenvalue weighted by Gasteiger charge is 2.21. The van der Waals surface area contributed by atoms with Crippen LogP contribution in [-0.4, -0.2) is 39.1 Å². The van der Waals surface area contributed by atoms with Gasteiger partial charge in [-0.25, -0.2) is 0 Å². The second-order valence-electron chi connectivity index (χ2n) is 8.17. The molecule has 3 aromatic rings. The third-order valence-corrected chi connectivity index (χ3v) is 6.83. The number of hydrogen-bond donors (Lipinski definition) is 2. The maximum atomic E-state index is 12.5. The second-order valence-corrected chi connectivity index (χ2v) is 9.52. The van der Waals surface area contributed by atoms with Crippen LogP contribution in [0.1, 0.15) is 29.8 Å². The van der Waals surface area contributed by atoms with Crippen LogP contribution in [0.5, 0.6) is 0 Å². The van der Waals surface area contributed by atoms with Crippen molar-refractivity contribution in [2.75, 3.05) is 23.0 Å². The molecule has 1 aliphatic heterocycles. The average Bonchev–Trinajstić information content (AvgIpc) is 3.44. The Kier molecular flexibility index (Phi) is 7.90. The van der Waals surface area contributed by atoms with E-state index in [1.165, 1.54) is 11.8 Å². The van der Waals surface area contributed by atoms with Crippen LogP contribution in [0.2, 0.25) is 5.02 Å². The lowest BCUT2D eigenvalue weighted by molar-refractivity contribution is -0.113. The topological polar surface area (TPSA) is 81.1 Å². The maximum absolute atomic E-state index is 12.5. The number of anilines is 2. The number of nitrogens with one attached hydrogen (secondary N) is 2. The Morgan fingerprint density at radius 1 is 1.21 bits per heavy atom. The van der Waals surface area contributed by atoms with Gasteiger partial charge in [0.05, 0.1) is 24.9 Å². The van der Waals surface area contributed by atoms with Crippen LogP contribution in [0.15, 0.2) is 47.6 Å². The fourth-order valence-corrected chi connectivity index (χ4v) is 4.61. The second kappa shape index (κ2) is 11.0. The number of thioether (sulfide) groups is 1. The van der Waals surface area contributed by atoms with E-state index < -0.39 is 0 Å². The number of hydrogen-bond acceptors (Lipinski definition) is 6. The first kappa shape index (κ1) is 23.6. The first-order valence-electron chi connectivity index (χ1n) is 11.0. The molecule has 0 saturated carbocycles. The zero-order chi connectivity index (χ0) is 23.2. The predicted molar refractivity (Wildman–Crippen MR) is 133 cm³/mol. The third kappa shape index (κ3) is 6.50. The minimum absolute atomic E-state index is 0.0776. The summed E-state index contributed by atoms with van der Waals surface area (Å²) in [5.41, 5.74) is 3.85. The summed E-state index contributed by atoms with van der Waals surface area (Å²) in [6.45, 7) is 5.92. The van der Waals surface area contributed by atoms with Crippen molar-refractivity contribution in [3.05, 3.63) is 64.4 Å². The van der Waals surface area contributed by atoms with Gasteiger partial charge in [-0.05, 0) is 62.1 Å². The molecule has 2 aromatic carbocycles. The Morgan fingerprint density at radius 2 is 2.09 bits per heavy atom. The van der Waals surface area contributed by atoms with Gasteiger partial charge in [-0.15, -0.1) is 10.2 Å². The molecule has 1 saturated heterocycles. The van der Waals surface area contributed by atoms with Gasteiger partial charge in [-0.2, -0.15) is 0 Å². The van der Waals surface area contributed by atoms with E-state index in [1.54, 1.807) is 0 Å². The van der Waals surface area contributed by atoms with Gasteiger partial charge >= 0.3 is 0 Å². The summed E-state index contributed by atoms with van der Waals surface area (Å²) < 4.78 is 7.90. The van der Waals surface area contributed by atoms with Crippen LogP contribution < -0.4 is 10.6 Å². The molecule has 0 unspecified atom stereocenters. The van der Waals surface area contributed by atoms with E-state index in [9.17, 15) is 4.79 Å². The van der Waals surface area contributed by atoms with Gasteiger partial charge in [-0.3, -0.25) is 4.79 Å². The molecule has 1 fully saturated rings. The first-order valence-corrected chi connectivity index (χ1v) is 12.4. The predicted octanol–water partition coefficient (Wildman–Crippen LogP) is 5.07. The van der Waals surface area contributed by atoms with Crippen LogP contribution in [0.4, 0.5) is 11.4 Å². The Hall–Kier alpha value is -2.55. The standard InChI is InChI=1S/C24H28ClN5O2S/c1-16-5-3-6-19(11-16)27-23(31)15-33-24-29-28-22(30(24)14-20-7-4-10-32-20)13-26-18-9-8-17(2)21(25)12-18/h3,5-6,8-9,11-12,20,26H,4,7,10,13-15H2,1-2H3,(H,27,31)/t20-/m1/s1. The molecule has 2 N–H and O–H groups in total. The largest absolute Gasteiger partial charge is 0.378 e. The minimum Gasteiger partial charge on any atom is -0.378 e. The normalized spacial score (nSPS) is 15.5. The monoisotopic (exact) mass is 485 g/mol. The van der Waals surface area contributed by atoms with E-state index in [4.69, 9.17) is 16.3 Å². The highest BCUT2D eigenvalue weighted by Crippen LogP contribution is 2.24. The van der Waals surface area contributed by atoms with Crippen molar-refractivity contribution >= 4 is 40.6 Å². The number of rotatable bonds is 9. The van der Waals surface area contributed by atoms with Gasteiger partial charge in [0, 0.05) is 23.0 Å². The highest BCUT2D eigenvalue weighted by molar-refractivity contribution is 7.99. The van der Waals surface area contributed by atoms with Crippen molar-refractivity contribution in [2.24, 2.45) is 0 Å². The fourth-order valence-electron chi connectivity index (χ4n) is 3.67. The zero-order valence-electron chi connectivity index (χ0n) is 18.8. The van der Waals surface area contributed by atoms with Crippen LogP contribution in [-0.2, 0) is 22.6 Å². The molecule has 0 spiro atoms. The van der Waals surface area contributed by atoms with Crippen molar-refractivity contribution in [2.45, 2.75) is 51.0 Å². The van der Waals surface area contributed by atoms with Gasteiger partial charge < -0.3 is 19.9 Å². The Morgan fingerprint density at radius 3 is 2.85 bits per heavy atom. The van der Waals surface area contributed by atoms with Gasteiger partial charge in [0.2, 0.25) is 5.91 Å². The molecule has 1 amide bonds. The van der Waals surface area contributed by atoms with Gasteiger partial charge in [0.1, 0.15) is 0 Å². The van der Waals surface area contributed by atoms with Crippen molar-refractivity contribution in [1.82, 2.24) is 14.8 Å². The highest BCUT2D eigenvalue weighted by atomic mass is 35.5. The Bertz CT molecular complexity index is 1110. The maximum Gasteiger partial charge on any atom is 0.234 e. The number of ether oxygens (including phenoxy) is 1. The number of aromatic nitrogens is 3. The summed E-state index contributed by atoms with van der Waals surface area (Å²) in [6.07, 6.45) is 2.20.